The molecule has 0 amide bonds. The molecule has 0 aliphatic carbocycles. The highest BCUT2D eigenvalue weighted by Crippen LogP contribution is 2.41. The summed E-state index contributed by atoms with van der Waals surface area (Å²) in [6, 6.07) is 9.87. The van der Waals surface area contributed by atoms with Gasteiger partial charge in [-0.05, 0) is 42.8 Å². The Labute approximate surface area is 137 Å². The normalized spacial score (nSPS) is 13.1. The first-order valence-corrected chi connectivity index (χ1v) is 8.12. The number of aromatic nitrogens is 2. The monoisotopic (exact) mass is 325 g/mol. The molecule has 0 radical (unpaired) electrons. The summed E-state index contributed by atoms with van der Waals surface area (Å²) >= 11 is 1.48. The van der Waals surface area contributed by atoms with Gasteiger partial charge in [0.2, 0.25) is 0 Å². The lowest BCUT2D eigenvalue weighted by molar-refractivity contribution is 0.171. The van der Waals surface area contributed by atoms with Crippen LogP contribution in [0.1, 0.15) is 5.69 Å². The van der Waals surface area contributed by atoms with Crippen molar-refractivity contribution < 1.29 is 9.47 Å². The second-order valence-corrected chi connectivity index (χ2v) is 6.30. The van der Waals surface area contributed by atoms with Crippen molar-refractivity contribution in [1.82, 2.24) is 9.97 Å². The van der Waals surface area contributed by atoms with Gasteiger partial charge in [0.05, 0.1) is 10.6 Å². The third-order valence-corrected chi connectivity index (χ3v) is 4.55. The van der Waals surface area contributed by atoms with E-state index in [0.29, 0.717) is 18.3 Å². The molecule has 3 heterocycles. The third kappa shape index (κ3) is 2.61. The molecule has 0 saturated heterocycles. The predicted molar refractivity (Wildman–Crippen MR) is 90.9 cm³/mol. The maximum Gasteiger partial charge on any atom is 0.181 e. The molecule has 0 saturated carbocycles. The smallest absolute Gasteiger partial charge is 0.181 e. The van der Waals surface area contributed by atoms with Crippen LogP contribution in [0, 0.1) is 6.92 Å². The number of nitrogen functional groups attached to an aromatic ring is 1. The molecule has 3 aromatic rings. The summed E-state index contributed by atoms with van der Waals surface area (Å²) in [7, 11) is 0. The molecule has 1 aliphatic heterocycles. The number of hydrogen-bond donors (Lipinski definition) is 1. The zero-order valence-corrected chi connectivity index (χ0v) is 13.4. The lowest BCUT2D eigenvalue weighted by Gasteiger charge is -2.18. The highest BCUT2D eigenvalue weighted by molar-refractivity contribution is 7.19. The van der Waals surface area contributed by atoms with Gasteiger partial charge in [-0.3, -0.25) is 4.98 Å². The molecule has 0 atom stereocenters. The van der Waals surface area contributed by atoms with E-state index in [1.165, 1.54) is 11.3 Å². The minimum atomic E-state index is 0.541. The van der Waals surface area contributed by atoms with Crippen LogP contribution in [0.3, 0.4) is 0 Å². The predicted octanol–water partition coefficient (Wildman–Crippen LogP) is 3.53. The SMILES string of the molecule is Cc1cc(-c2sc(N)nc2-c2ccc3c(c2)OCCO3)ccn1. The van der Waals surface area contributed by atoms with Gasteiger partial charge in [0, 0.05) is 17.5 Å². The number of ether oxygens (including phenoxy) is 2. The van der Waals surface area contributed by atoms with Crippen molar-refractivity contribution in [2.45, 2.75) is 6.92 Å². The van der Waals surface area contributed by atoms with Gasteiger partial charge in [-0.25, -0.2) is 4.98 Å². The Morgan fingerprint density at radius 2 is 1.87 bits per heavy atom. The van der Waals surface area contributed by atoms with Gasteiger partial charge < -0.3 is 15.2 Å². The van der Waals surface area contributed by atoms with Crippen molar-refractivity contribution in [2.24, 2.45) is 0 Å². The number of pyridine rings is 1. The summed E-state index contributed by atoms with van der Waals surface area (Å²) in [5.41, 5.74) is 9.81. The summed E-state index contributed by atoms with van der Waals surface area (Å²) < 4.78 is 11.2. The molecule has 0 bridgehead atoms. The number of rotatable bonds is 2. The molecule has 2 aromatic heterocycles. The molecule has 1 aromatic carbocycles. The van der Waals surface area contributed by atoms with Gasteiger partial charge >= 0.3 is 0 Å². The average molecular weight is 325 g/mol. The summed E-state index contributed by atoms with van der Waals surface area (Å²) in [4.78, 5) is 9.80. The highest BCUT2D eigenvalue weighted by atomic mass is 32.1. The van der Waals surface area contributed by atoms with Gasteiger partial charge in [-0.15, -0.1) is 0 Å². The minimum Gasteiger partial charge on any atom is -0.486 e. The van der Waals surface area contributed by atoms with E-state index < -0.39 is 0 Å². The van der Waals surface area contributed by atoms with Crippen LogP contribution in [0.2, 0.25) is 0 Å². The zero-order valence-electron chi connectivity index (χ0n) is 12.6. The molecule has 0 spiro atoms. The zero-order chi connectivity index (χ0) is 15.8. The van der Waals surface area contributed by atoms with E-state index >= 15 is 0 Å². The minimum absolute atomic E-state index is 0.541. The standard InChI is InChI=1S/C17H15N3O2S/c1-10-8-12(4-5-19-10)16-15(20-17(18)23-16)11-2-3-13-14(9-11)22-7-6-21-13/h2-5,8-9H,6-7H2,1H3,(H2,18,20). The van der Waals surface area contributed by atoms with Gasteiger partial charge in [0.25, 0.3) is 0 Å². The summed E-state index contributed by atoms with van der Waals surface area (Å²) in [5, 5.41) is 0.541. The first-order chi connectivity index (χ1) is 11.2. The van der Waals surface area contributed by atoms with Crippen LogP contribution in [0.25, 0.3) is 21.7 Å². The number of fused-ring (bicyclic) bond motifs is 1. The number of thiazole rings is 1. The van der Waals surface area contributed by atoms with Crippen LogP contribution in [0.15, 0.2) is 36.5 Å². The average Bonchev–Trinajstić information content (AvgIpc) is 2.96. The first-order valence-electron chi connectivity index (χ1n) is 7.30. The molecule has 4 rings (SSSR count). The second-order valence-electron chi connectivity index (χ2n) is 5.27. The maximum atomic E-state index is 5.97. The fourth-order valence-electron chi connectivity index (χ4n) is 2.61. The molecular weight excluding hydrogens is 310 g/mol. The quantitative estimate of drug-likeness (QED) is 0.780. The Morgan fingerprint density at radius 1 is 1.04 bits per heavy atom. The van der Waals surface area contributed by atoms with Crippen molar-refractivity contribution in [2.75, 3.05) is 18.9 Å². The highest BCUT2D eigenvalue weighted by Gasteiger charge is 2.18. The summed E-state index contributed by atoms with van der Waals surface area (Å²) in [6.45, 7) is 3.11. The summed E-state index contributed by atoms with van der Waals surface area (Å²) in [5.74, 6) is 1.52. The Balaban J connectivity index is 1.83. The maximum absolute atomic E-state index is 5.97. The molecule has 0 fully saturated rings. The van der Waals surface area contributed by atoms with Crippen molar-refractivity contribution in [3.63, 3.8) is 0 Å². The molecule has 2 N–H and O–H groups in total. The van der Waals surface area contributed by atoms with Crippen molar-refractivity contribution in [3.05, 3.63) is 42.2 Å². The largest absolute Gasteiger partial charge is 0.486 e. The van der Waals surface area contributed by atoms with E-state index in [1.807, 2.05) is 37.3 Å². The van der Waals surface area contributed by atoms with Crippen molar-refractivity contribution >= 4 is 16.5 Å². The van der Waals surface area contributed by atoms with Crippen LogP contribution < -0.4 is 15.2 Å². The van der Waals surface area contributed by atoms with E-state index in [1.54, 1.807) is 6.20 Å². The number of benzene rings is 1. The van der Waals surface area contributed by atoms with Gasteiger partial charge in [0.1, 0.15) is 13.2 Å². The third-order valence-electron chi connectivity index (χ3n) is 3.62. The summed E-state index contributed by atoms with van der Waals surface area (Å²) in [6.07, 6.45) is 1.80. The molecule has 23 heavy (non-hydrogen) atoms. The Bertz CT molecular complexity index is 876. The Kier molecular flexibility index (Phi) is 3.38. The number of aryl methyl sites for hydroxylation is 1. The van der Waals surface area contributed by atoms with Crippen LogP contribution in [-0.4, -0.2) is 23.2 Å². The van der Waals surface area contributed by atoms with Crippen molar-refractivity contribution in [1.29, 1.82) is 0 Å². The lowest BCUT2D eigenvalue weighted by atomic mass is 10.1. The molecule has 116 valence electrons. The van der Waals surface area contributed by atoms with Gasteiger partial charge in [0.15, 0.2) is 16.6 Å². The van der Waals surface area contributed by atoms with Crippen molar-refractivity contribution in [3.8, 4) is 33.2 Å². The van der Waals surface area contributed by atoms with Gasteiger partial charge in [-0.1, -0.05) is 11.3 Å². The molecular formula is C17H15N3O2S. The van der Waals surface area contributed by atoms with E-state index in [0.717, 1.165) is 38.9 Å². The number of nitrogens with two attached hydrogens (primary N) is 1. The van der Waals surface area contributed by atoms with E-state index in [-0.39, 0.29) is 0 Å². The Morgan fingerprint density at radius 3 is 2.70 bits per heavy atom. The molecule has 1 aliphatic rings. The van der Waals surface area contributed by atoms with Crippen LogP contribution in [-0.2, 0) is 0 Å². The topological polar surface area (TPSA) is 70.3 Å². The number of anilines is 1. The van der Waals surface area contributed by atoms with Crippen LogP contribution in [0.5, 0.6) is 11.5 Å². The van der Waals surface area contributed by atoms with E-state index in [4.69, 9.17) is 15.2 Å². The number of hydrogen-bond acceptors (Lipinski definition) is 6. The fourth-order valence-corrected chi connectivity index (χ4v) is 3.46. The molecule has 0 unspecified atom stereocenters. The molecule has 6 heteroatoms. The van der Waals surface area contributed by atoms with Gasteiger partial charge in [-0.2, -0.15) is 0 Å². The van der Waals surface area contributed by atoms with Crippen LogP contribution >= 0.6 is 11.3 Å². The lowest BCUT2D eigenvalue weighted by Crippen LogP contribution is -2.15. The van der Waals surface area contributed by atoms with E-state index in [9.17, 15) is 0 Å². The number of nitrogens with zero attached hydrogens (tertiary/aromatic N) is 2. The second kappa shape index (κ2) is 5.55. The Hall–Kier alpha value is -2.60. The van der Waals surface area contributed by atoms with E-state index in [2.05, 4.69) is 9.97 Å². The first kappa shape index (κ1) is 14.0. The molecule has 5 nitrogen and oxygen atoms in total. The fraction of sp³-hybridized carbons (Fsp3) is 0.176. The van der Waals surface area contributed by atoms with Crippen LogP contribution in [0.4, 0.5) is 5.13 Å².